The molecule has 17 nitrogen and oxygen atoms in total. The number of carbonyl (C=O) groups is 4. The molecule has 0 spiro atoms. The topological polar surface area (TPSA) is 356 Å². The van der Waals surface area contributed by atoms with E-state index in [4.69, 9.17) is 21.7 Å². The van der Waals surface area contributed by atoms with E-state index in [1.807, 2.05) is 0 Å². The molecule has 0 saturated heterocycles. The Morgan fingerprint density at radius 2 is 0.892 bits per heavy atom. The summed E-state index contributed by atoms with van der Waals surface area (Å²) >= 11 is 0. The van der Waals surface area contributed by atoms with Crippen molar-refractivity contribution in [2.75, 3.05) is 11.5 Å². The summed E-state index contributed by atoms with van der Waals surface area (Å²) in [6, 6.07) is 8.40. The Labute approximate surface area is 217 Å². The van der Waals surface area contributed by atoms with Gasteiger partial charge in [0.2, 0.25) is 11.6 Å². The van der Waals surface area contributed by atoms with Crippen LogP contribution in [0.5, 0.6) is 11.5 Å². The molecule has 197 valence electrons. The molecular weight excluding hydrogens is 542 g/mol. The molecule has 0 aliphatic carbocycles. The van der Waals surface area contributed by atoms with Crippen LogP contribution in [0.1, 0.15) is 42.0 Å². The summed E-state index contributed by atoms with van der Waals surface area (Å²) in [5.74, 6) is -6.54. The number of hydrogen-bond acceptors (Lipinski definition) is 14. The molecule has 0 fully saturated rings. The van der Waals surface area contributed by atoms with E-state index in [-0.39, 0.29) is 28.3 Å². The van der Waals surface area contributed by atoms with Crippen LogP contribution in [0, 0.1) is 0 Å². The standard InChI is InChI=1S/2C7H5NO5.C5H7N3.Cr.2H2O/c2*9-3-1-4(6(10)11)8-5(2-3)7(12)13;6-4-2-1-3-5(7)8-4;;;/h2*1-2H,(H,8,9)(H,10,11)(H,12,13);1-3H,(H4,6,7,8);;2*1H2/q;;;+3;;/p-3. The SMILES string of the molecule is Nc1cccc(N)[nH+]1.O.O.O=C([O-])c1cc(O)cc(C(=O)[O-])n1.O=C([O-])c1cc(O)cc(C(=O)[O-])n1.[Cr+3]. The minimum Gasteiger partial charge on any atom is -0.543 e. The Hall–Kier alpha value is -5.02. The second kappa shape index (κ2) is 16.6. The van der Waals surface area contributed by atoms with E-state index in [1.165, 1.54) is 0 Å². The molecule has 37 heavy (non-hydrogen) atoms. The van der Waals surface area contributed by atoms with Crippen molar-refractivity contribution in [3.05, 3.63) is 65.2 Å². The molecule has 0 aliphatic rings. The molecule has 11 N–H and O–H groups in total. The molecular formula is C19H18CrN5O12. The summed E-state index contributed by atoms with van der Waals surface area (Å²) in [6.07, 6.45) is 0. The zero-order valence-corrected chi connectivity index (χ0v) is 19.4. The molecule has 3 aromatic heterocycles. The number of nitrogens with zero attached hydrogens (tertiary/aromatic N) is 2. The average molecular weight is 560 g/mol. The Bertz CT molecular complexity index is 1090. The van der Waals surface area contributed by atoms with Gasteiger partial charge < -0.3 is 72.2 Å². The van der Waals surface area contributed by atoms with Gasteiger partial charge in [-0.2, -0.15) is 0 Å². The monoisotopic (exact) mass is 560 g/mol. The number of hydrogen-bond donors (Lipinski definition) is 4. The average Bonchev–Trinajstić information content (AvgIpc) is 2.73. The van der Waals surface area contributed by atoms with Gasteiger partial charge in [0.05, 0.1) is 46.7 Å². The number of aromatic hydroxyl groups is 2. The molecule has 18 heteroatoms. The summed E-state index contributed by atoms with van der Waals surface area (Å²) < 4.78 is 0. The second-order valence-corrected chi connectivity index (χ2v) is 5.90. The van der Waals surface area contributed by atoms with Crippen LogP contribution >= 0.6 is 0 Å². The first-order valence-corrected chi connectivity index (χ1v) is 8.61. The van der Waals surface area contributed by atoms with Gasteiger partial charge in [-0.05, 0) is 6.07 Å². The van der Waals surface area contributed by atoms with Crippen LogP contribution in [0.3, 0.4) is 0 Å². The summed E-state index contributed by atoms with van der Waals surface area (Å²) in [7, 11) is 0. The minimum atomic E-state index is -1.67. The fourth-order valence-corrected chi connectivity index (χ4v) is 1.96. The van der Waals surface area contributed by atoms with Crippen LogP contribution in [0.2, 0.25) is 0 Å². The summed E-state index contributed by atoms with van der Waals surface area (Å²) in [5.41, 5.74) is 8.03. The smallest absolute Gasteiger partial charge is 0.543 e. The molecule has 1 radical (unpaired) electrons. The maximum Gasteiger partial charge on any atom is 3.00 e. The Morgan fingerprint density at radius 1 is 0.649 bits per heavy atom. The van der Waals surface area contributed by atoms with Gasteiger partial charge in [-0.3, -0.25) is 0 Å². The predicted molar refractivity (Wildman–Crippen MR) is 108 cm³/mol. The normalized spacial score (nSPS) is 8.65. The van der Waals surface area contributed by atoms with Gasteiger partial charge in [0.25, 0.3) is 0 Å². The quantitative estimate of drug-likeness (QED) is 0.230. The van der Waals surface area contributed by atoms with E-state index in [2.05, 4.69) is 15.0 Å². The predicted octanol–water partition coefficient (Wildman–Crippen LogP) is -6.96. The summed E-state index contributed by atoms with van der Waals surface area (Å²) in [5, 5.41) is 58.7. The van der Waals surface area contributed by atoms with Crippen molar-refractivity contribution < 1.29 is 83.1 Å². The van der Waals surface area contributed by atoms with Crippen LogP contribution in [-0.4, -0.2) is 55.0 Å². The van der Waals surface area contributed by atoms with E-state index >= 15 is 0 Å². The molecule has 0 amide bonds. The van der Waals surface area contributed by atoms with Crippen molar-refractivity contribution >= 4 is 35.5 Å². The number of nitrogen functional groups attached to an aromatic ring is 2. The Morgan fingerprint density at radius 3 is 1.05 bits per heavy atom. The van der Waals surface area contributed by atoms with Gasteiger partial charge in [0.15, 0.2) is 0 Å². The van der Waals surface area contributed by atoms with Gasteiger partial charge in [0, 0.05) is 36.4 Å². The fourth-order valence-electron chi connectivity index (χ4n) is 1.96. The number of nitrogens with two attached hydrogens (primary N) is 2. The summed E-state index contributed by atoms with van der Waals surface area (Å²) in [6.45, 7) is 0. The summed E-state index contributed by atoms with van der Waals surface area (Å²) in [4.78, 5) is 49.9. The number of rotatable bonds is 4. The number of carboxylic acid groups (broad SMARTS) is 4. The van der Waals surface area contributed by atoms with Crippen LogP contribution in [-0.2, 0) is 17.4 Å². The zero-order valence-electron chi connectivity index (χ0n) is 18.2. The van der Waals surface area contributed by atoms with Gasteiger partial charge in [-0.15, -0.1) is 0 Å². The Kier molecular flexibility index (Phi) is 16.4. The van der Waals surface area contributed by atoms with Crippen LogP contribution in [0.4, 0.5) is 11.6 Å². The van der Waals surface area contributed by atoms with Crippen molar-refractivity contribution in [2.24, 2.45) is 0 Å². The largest absolute Gasteiger partial charge is 3.00 e. The number of aromatic amines is 1. The maximum absolute atomic E-state index is 10.2. The molecule has 0 bridgehead atoms. The van der Waals surface area contributed by atoms with E-state index in [9.17, 15) is 39.6 Å². The third-order valence-electron chi connectivity index (χ3n) is 3.30. The van der Waals surface area contributed by atoms with Gasteiger partial charge in [-0.25, -0.2) is 15.0 Å². The number of pyridine rings is 3. The Balaban J connectivity index is -0.000000462. The maximum atomic E-state index is 10.2. The zero-order chi connectivity index (χ0) is 26.0. The third-order valence-corrected chi connectivity index (χ3v) is 3.30. The van der Waals surface area contributed by atoms with Gasteiger partial charge in [-0.1, -0.05) is 0 Å². The molecule has 0 saturated carbocycles. The van der Waals surface area contributed by atoms with Gasteiger partial charge >= 0.3 is 17.4 Å². The molecule has 0 unspecified atom stereocenters. The number of H-pyrrole nitrogens is 1. The van der Waals surface area contributed by atoms with E-state index < -0.39 is 58.2 Å². The van der Waals surface area contributed by atoms with Crippen molar-refractivity contribution in [1.82, 2.24) is 9.97 Å². The number of carbonyl (C=O) groups excluding carboxylic acids is 4. The molecule has 0 aliphatic heterocycles. The molecule has 3 heterocycles. The number of anilines is 2. The first kappa shape index (κ1) is 36.5. The van der Waals surface area contributed by atoms with Crippen LogP contribution in [0.25, 0.3) is 0 Å². The van der Waals surface area contributed by atoms with Crippen molar-refractivity contribution in [1.29, 1.82) is 0 Å². The van der Waals surface area contributed by atoms with Crippen LogP contribution < -0.4 is 36.9 Å². The molecule has 0 atom stereocenters. The first-order chi connectivity index (χ1) is 15.8. The first-order valence-electron chi connectivity index (χ1n) is 8.61. The third kappa shape index (κ3) is 12.9. The molecule has 3 rings (SSSR count). The number of carboxylic acids is 4. The van der Waals surface area contributed by atoms with E-state index in [0.29, 0.717) is 11.6 Å². The number of aromatic nitrogens is 3. The number of nitrogens with one attached hydrogen (secondary N) is 1. The van der Waals surface area contributed by atoms with Crippen molar-refractivity contribution in [3.8, 4) is 11.5 Å². The van der Waals surface area contributed by atoms with Crippen LogP contribution in [0.15, 0.2) is 42.5 Å². The minimum absolute atomic E-state index is 0. The molecule has 3 aromatic rings. The van der Waals surface area contributed by atoms with Crippen molar-refractivity contribution in [2.45, 2.75) is 0 Å². The van der Waals surface area contributed by atoms with Gasteiger partial charge in [0.1, 0.15) is 11.5 Å². The fraction of sp³-hybridized carbons (Fsp3) is 0. The van der Waals surface area contributed by atoms with E-state index in [0.717, 1.165) is 24.3 Å². The van der Waals surface area contributed by atoms with E-state index in [1.54, 1.807) is 18.2 Å². The van der Waals surface area contributed by atoms with Crippen molar-refractivity contribution in [3.63, 3.8) is 0 Å². The second-order valence-electron chi connectivity index (χ2n) is 5.90. The molecule has 0 aromatic carbocycles. The number of aromatic carboxylic acids is 4.